The highest BCUT2D eigenvalue weighted by atomic mass is 16.2. The van der Waals surface area contributed by atoms with Crippen LogP contribution in [0.4, 0.5) is 11.6 Å². The molecule has 5 nitrogen and oxygen atoms in total. The third-order valence-electron chi connectivity index (χ3n) is 3.98. The van der Waals surface area contributed by atoms with E-state index in [1.165, 1.54) is 5.56 Å². The van der Waals surface area contributed by atoms with Crippen molar-refractivity contribution >= 4 is 17.5 Å². The molecule has 1 heterocycles. The van der Waals surface area contributed by atoms with Gasteiger partial charge in [0.15, 0.2) is 0 Å². The Hall–Kier alpha value is -2.43. The van der Waals surface area contributed by atoms with Crippen LogP contribution in [0, 0.1) is 20.8 Å². The fraction of sp³-hybridized carbons (Fsp3) is 0.421. The Bertz CT molecular complexity index is 704. The third kappa shape index (κ3) is 4.31. The minimum Gasteiger partial charge on any atom is -0.340 e. The molecule has 128 valence electrons. The second-order valence-electron chi connectivity index (χ2n) is 6.24. The number of hydrogen-bond donors (Lipinski definition) is 1. The van der Waals surface area contributed by atoms with Crippen molar-refractivity contribution in [1.29, 1.82) is 0 Å². The van der Waals surface area contributed by atoms with Gasteiger partial charge < -0.3 is 10.2 Å². The quantitative estimate of drug-likeness (QED) is 0.871. The number of nitrogens with one attached hydrogen (secondary N) is 1. The largest absolute Gasteiger partial charge is 0.340 e. The number of amides is 1. The number of carbonyl (C=O) groups is 1. The molecule has 1 N–H and O–H groups in total. The van der Waals surface area contributed by atoms with E-state index >= 15 is 0 Å². The summed E-state index contributed by atoms with van der Waals surface area (Å²) >= 11 is 0. The van der Waals surface area contributed by atoms with Crippen LogP contribution in [0.5, 0.6) is 0 Å². The minimum atomic E-state index is -0.0775. The predicted octanol–water partition coefficient (Wildman–Crippen LogP) is 4.02. The van der Waals surface area contributed by atoms with Crippen LogP contribution >= 0.6 is 0 Å². The maximum Gasteiger partial charge on any atom is 0.272 e. The zero-order valence-corrected chi connectivity index (χ0v) is 15.2. The molecule has 0 aliphatic carbocycles. The van der Waals surface area contributed by atoms with Gasteiger partial charge in [-0.1, -0.05) is 31.0 Å². The van der Waals surface area contributed by atoms with Crippen LogP contribution in [0.2, 0.25) is 0 Å². The van der Waals surface area contributed by atoms with Gasteiger partial charge in [0, 0.05) is 25.5 Å². The van der Waals surface area contributed by atoms with Crippen molar-refractivity contribution in [3.05, 3.63) is 46.8 Å². The van der Waals surface area contributed by atoms with Gasteiger partial charge >= 0.3 is 0 Å². The van der Waals surface area contributed by atoms with E-state index in [2.05, 4.69) is 55.1 Å². The van der Waals surface area contributed by atoms with E-state index in [0.29, 0.717) is 11.6 Å². The van der Waals surface area contributed by atoms with Crippen LogP contribution < -0.4 is 5.32 Å². The van der Waals surface area contributed by atoms with E-state index in [-0.39, 0.29) is 5.91 Å². The summed E-state index contributed by atoms with van der Waals surface area (Å²) in [5.41, 5.74) is 4.89. The zero-order chi connectivity index (χ0) is 17.7. The summed E-state index contributed by atoms with van der Waals surface area (Å²) in [5.74, 6) is 0.367. The third-order valence-corrected chi connectivity index (χ3v) is 3.98. The average molecular weight is 326 g/mol. The first-order valence-corrected chi connectivity index (χ1v) is 8.35. The van der Waals surface area contributed by atoms with Gasteiger partial charge in [0.2, 0.25) is 5.95 Å². The van der Waals surface area contributed by atoms with Crippen molar-refractivity contribution in [2.24, 2.45) is 0 Å². The summed E-state index contributed by atoms with van der Waals surface area (Å²) in [7, 11) is 1.81. The molecule has 2 aromatic rings. The van der Waals surface area contributed by atoms with Crippen molar-refractivity contribution in [3.8, 4) is 0 Å². The Morgan fingerprint density at radius 1 is 1.21 bits per heavy atom. The molecule has 24 heavy (non-hydrogen) atoms. The van der Waals surface area contributed by atoms with Gasteiger partial charge in [0.05, 0.1) is 0 Å². The maximum absolute atomic E-state index is 12.4. The first-order valence-electron chi connectivity index (χ1n) is 8.35. The molecule has 0 saturated carbocycles. The highest BCUT2D eigenvalue weighted by Crippen LogP contribution is 2.24. The Kier molecular flexibility index (Phi) is 5.90. The minimum absolute atomic E-state index is 0.0775. The summed E-state index contributed by atoms with van der Waals surface area (Å²) in [6.45, 7) is 9.02. The van der Waals surface area contributed by atoms with Crippen molar-refractivity contribution < 1.29 is 4.79 Å². The Morgan fingerprint density at radius 2 is 1.88 bits per heavy atom. The highest BCUT2D eigenvalue weighted by Gasteiger charge is 2.14. The first-order chi connectivity index (χ1) is 11.4. The maximum atomic E-state index is 12.4. The van der Waals surface area contributed by atoms with E-state index in [1.54, 1.807) is 17.2 Å². The van der Waals surface area contributed by atoms with Crippen LogP contribution in [0.25, 0.3) is 0 Å². The second kappa shape index (κ2) is 7.90. The molecule has 5 heteroatoms. The molecule has 2 rings (SSSR count). The lowest BCUT2D eigenvalue weighted by molar-refractivity contribution is 0.0787. The topological polar surface area (TPSA) is 58.1 Å². The number of carbonyl (C=O) groups excluding carboxylic acids is 1. The van der Waals surface area contributed by atoms with Crippen LogP contribution in [-0.2, 0) is 0 Å². The molecule has 0 unspecified atom stereocenters. The van der Waals surface area contributed by atoms with E-state index in [9.17, 15) is 4.79 Å². The summed E-state index contributed by atoms with van der Waals surface area (Å²) in [6, 6.07) is 5.89. The number of benzene rings is 1. The molecule has 0 bridgehead atoms. The lowest BCUT2D eigenvalue weighted by atomic mass is 10.1. The van der Waals surface area contributed by atoms with Crippen molar-refractivity contribution in [1.82, 2.24) is 14.9 Å². The monoisotopic (exact) mass is 326 g/mol. The fourth-order valence-electron chi connectivity index (χ4n) is 2.72. The summed E-state index contributed by atoms with van der Waals surface area (Å²) < 4.78 is 0. The van der Waals surface area contributed by atoms with Gasteiger partial charge in [-0.15, -0.1) is 0 Å². The molecule has 0 aliphatic heterocycles. The first kappa shape index (κ1) is 17.9. The number of nitrogens with zero attached hydrogens (tertiary/aromatic N) is 3. The van der Waals surface area contributed by atoms with E-state index in [1.807, 2.05) is 7.05 Å². The Labute approximate surface area is 144 Å². The van der Waals surface area contributed by atoms with Gasteiger partial charge in [-0.25, -0.2) is 9.97 Å². The number of hydrogen-bond acceptors (Lipinski definition) is 4. The van der Waals surface area contributed by atoms with Crippen LogP contribution in [0.15, 0.2) is 24.4 Å². The second-order valence-corrected chi connectivity index (χ2v) is 6.24. The van der Waals surface area contributed by atoms with Gasteiger partial charge in [-0.05, 0) is 44.4 Å². The van der Waals surface area contributed by atoms with E-state index in [4.69, 9.17) is 0 Å². The number of rotatable bonds is 6. The molecule has 0 spiro atoms. The van der Waals surface area contributed by atoms with Gasteiger partial charge in [-0.2, -0.15) is 0 Å². The molecule has 0 aliphatic rings. The molecular weight excluding hydrogens is 300 g/mol. The van der Waals surface area contributed by atoms with Crippen LogP contribution in [0.3, 0.4) is 0 Å². The van der Waals surface area contributed by atoms with Crippen LogP contribution in [0.1, 0.15) is 46.9 Å². The van der Waals surface area contributed by atoms with Crippen molar-refractivity contribution in [2.75, 3.05) is 18.9 Å². The highest BCUT2D eigenvalue weighted by molar-refractivity contribution is 5.92. The molecule has 0 saturated heterocycles. The zero-order valence-electron chi connectivity index (χ0n) is 15.2. The fourth-order valence-corrected chi connectivity index (χ4v) is 2.72. The van der Waals surface area contributed by atoms with Crippen LogP contribution in [-0.4, -0.2) is 34.4 Å². The number of aryl methyl sites for hydroxylation is 3. The molecule has 0 atom stereocenters. The molecule has 0 radical (unpaired) electrons. The normalized spacial score (nSPS) is 10.5. The molecular formula is C19H26N4O. The van der Waals surface area contributed by atoms with Gasteiger partial charge in [0.25, 0.3) is 5.91 Å². The lowest BCUT2D eigenvalue weighted by Crippen LogP contribution is -2.28. The summed E-state index contributed by atoms with van der Waals surface area (Å²) in [5, 5.41) is 3.25. The number of unbranched alkanes of at least 4 members (excludes halogenated alkanes) is 1. The van der Waals surface area contributed by atoms with E-state index < -0.39 is 0 Å². The standard InChI is InChI=1S/C19H26N4O/c1-6-7-10-23(5)18(24)16-8-9-20-19(21-16)22-17-14(3)11-13(2)12-15(17)4/h8-9,11-12H,6-7,10H2,1-5H3,(H,20,21,22). The lowest BCUT2D eigenvalue weighted by Gasteiger charge is -2.17. The average Bonchev–Trinajstić information content (AvgIpc) is 2.55. The Balaban J connectivity index is 2.21. The number of anilines is 2. The molecule has 1 amide bonds. The summed E-state index contributed by atoms with van der Waals surface area (Å²) in [6.07, 6.45) is 3.66. The number of aromatic nitrogens is 2. The summed E-state index contributed by atoms with van der Waals surface area (Å²) in [4.78, 5) is 22.8. The van der Waals surface area contributed by atoms with Gasteiger partial charge in [-0.3, -0.25) is 4.79 Å². The van der Waals surface area contributed by atoms with E-state index in [0.717, 1.165) is 36.2 Å². The van der Waals surface area contributed by atoms with Crippen molar-refractivity contribution in [3.63, 3.8) is 0 Å². The molecule has 1 aromatic carbocycles. The SMILES string of the molecule is CCCCN(C)C(=O)c1ccnc(Nc2c(C)cc(C)cc2C)n1. The molecule has 1 aromatic heterocycles. The molecule has 0 fully saturated rings. The smallest absolute Gasteiger partial charge is 0.272 e. The Morgan fingerprint density at radius 3 is 2.50 bits per heavy atom. The van der Waals surface area contributed by atoms with Crippen molar-refractivity contribution in [2.45, 2.75) is 40.5 Å². The predicted molar refractivity (Wildman–Crippen MR) is 97.8 cm³/mol. The van der Waals surface area contributed by atoms with Gasteiger partial charge in [0.1, 0.15) is 5.69 Å².